The molecule has 5 nitrogen and oxygen atoms in total. The van der Waals surface area contributed by atoms with E-state index in [4.69, 9.17) is 4.52 Å². The summed E-state index contributed by atoms with van der Waals surface area (Å²) in [5.74, 6) is 0. The van der Waals surface area contributed by atoms with E-state index in [1.165, 1.54) is 0 Å². The van der Waals surface area contributed by atoms with Gasteiger partial charge in [0.25, 0.3) is 0 Å². The lowest BCUT2D eigenvalue weighted by Gasteiger charge is -2.29. The highest BCUT2D eigenvalue weighted by atomic mass is 79.9. The number of aromatic nitrogens is 2. The van der Waals surface area contributed by atoms with Crippen molar-refractivity contribution in [1.29, 1.82) is 0 Å². The largest absolute Gasteiger partial charge is 0.598 e. The molecule has 0 radical (unpaired) electrons. The van der Waals surface area contributed by atoms with Crippen molar-refractivity contribution in [1.82, 2.24) is 14.9 Å². The summed E-state index contributed by atoms with van der Waals surface area (Å²) in [6.45, 7) is 5.88. The molecule has 160 valence electrons. The maximum absolute atomic E-state index is 13.1. The summed E-state index contributed by atoms with van der Waals surface area (Å²) in [7, 11) is 0. The monoisotopic (exact) mass is 497 g/mol. The number of halogens is 1. The summed E-state index contributed by atoms with van der Waals surface area (Å²) < 4.78 is 22.5. The molecule has 0 aliphatic rings. The van der Waals surface area contributed by atoms with Crippen molar-refractivity contribution in [3.8, 4) is 11.3 Å². The zero-order chi connectivity index (χ0) is 22.0. The second kappa shape index (κ2) is 9.12. The van der Waals surface area contributed by atoms with Crippen LogP contribution in [0.25, 0.3) is 22.2 Å². The smallest absolute Gasteiger partial charge is 0.167 e. The van der Waals surface area contributed by atoms with Gasteiger partial charge in [-0.15, -0.1) is 4.72 Å². The first-order valence-electron chi connectivity index (χ1n) is 10.1. The third kappa shape index (κ3) is 4.85. The van der Waals surface area contributed by atoms with Gasteiger partial charge in [0, 0.05) is 45.1 Å². The van der Waals surface area contributed by atoms with Crippen LogP contribution < -0.4 is 4.72 Å². The van der Waals surface area contributed by atoms with Crippen molar-refractivity contribution >= 4 is 38.3 Å². The first-order valence-corrected chi connectivity index (χ1v) is 12.0. The summed E-state index contributed by atoms with van der Waals surface area (Å²) >= 11 is 2.45. The highest BCUT2D eigenvalue weighted by molar-refractivity contribution is 9.10. The molecule has 2 atom stereocenters. The minimum atomic E-state index is -1.27. The first-order chi connectivity index (χ1) is 14.8. The number of nitrogens with zero attached hydrogens (tertiary/aromatic N) is 2. The molecule has 0 bridgehead atoms. The molecule has 2 heterocycles. The van der Waals surface area contributed by atoms with Crippen molar-refractivity contribution < 1.29 is 9.08 Å². The Labute approximate surface area is 193 Å². The van der Waals surface area contributed by atoms with E-state index >= 15 is 0 Å². The van der Waals surface area contributed by atoms with Gasteiger partial charge < -0.3 is 9.08 Å². The highest BCUT2D eigenvalue weighted by Gasteiger charge is 2.32. The molecule has 4 aromatic rings. The molecule has 1 unspecified atom stereocenters. The molecule has 31 heavy (non-hydrogen) atoms. The quantitative estimate of drug-likeness (QED) is 0.331. The number of para-hydroxylation sites is 1. The van der Waals surface area contributed by atoms with Gasteiger partial charge in [-0.05, 0) is 56.7 Å². The van der Waals surface area contributed by atoms with Crippen LogP contribution in [0.15, 0.2) is 75.9 Å². The zero-order valence-corrected chi connectivity index (χ0v) is 20.0. The van der Waals surface area contributed by atoms with Crippen molar-refractivity contribution in [3.63, 3.8) is 0 Å². The van der Waals surface area contributed by atoms with E-state index in [2.05, 4.69) is 30.8 Å². The van der Waals surface area contributed by atoms with Crippen molar-refractivity contribution in [3.05, 3.63) is 82.6 Å². The Hall–Kier alpha value is -2.19. The van der Waals surface area contributed by atoms with Crippen LogP contribution in [0.3, 0.4) is 0 Å². The summed E-state index contributed by atoms with van der Waals surface area (Å²) in [5.41, 5.74) is 4.31. The average Bonchev–Trinajstić information content (AvgIpc) is 3.17. The summed E-state index contributed by atoms with van der Waals surface area (Å²) in [4.78, 5) is 4.49. The molecule has 0 fully saturated rings. The van der Waals surface area contributed by atoms with E-state index in [-0.39, 0.29) is 6.04 Å². The number of fused-ring (bicyclic) bond motifs is 1. The van der Waals surface area contributed by atoms with E-state index in [0.717, 1.165) is 38.0 Å². The maximum atomic E-state index is 13.1. The third-order valence-electron chi connectivity index (χ3n) is 4.98. The Morgan fingerprint density at radius 2 is 1.84 bits per heavy atom. The van der Waals surface area contributed by atoms with E-state index in [1.807, 2.05) is 81.4 Å². The van der Waals surface area contributed by atoms with Crippen LogP contribution in [0.4, 0.5) is 0 Å². The average molecular weight is 498 g/mol. The summed E-state index contributed by atoms with van der Waals surface area (Å²) in [6.07, 6.45) is 2.36. The minimum Gasteiger partial charge on any atom is -0.598 e. The molecule has 0 aliphatic heterocycles. The molecule has 0 saturated carbocycles. The molecular formula is C24H24BrN3O2S. The fourth-order valence-corrected chi connectivity index (χ4v) is 4.79. The lowest BCUT2D eigenvalue weighted by molar-refractivity contribution is 0.459. The topological polar surface area (TPSA) is 74.0 Å². The number of pyridine rings is 1. The predicted molar refractivity (Wildman–Crippen MR) is 129 cm³/mol. The summed E-state index contributed by atoms with van der Waals surface area (Å²) in [5, 5.41) is 5.31. The van der Waals surface area contributed by atoms with E-state index in [9.17, 15) is 4.55 Å². The Balaban J connectivity index is 1.84. The molecular weight excluding hydrogens is 474 g/mol. The summed E-state index contributed by atoms with van der Waals surface area (Å²) in [6, 6.07) is 19.4. The SMILES string of the molecule is CC(C)(C)[S@+]([O-])NC(Cc1ccccn1)c1cccc(Br)c1-c1noc2ccccc12. The highest BCUT2D eigenvalue weighted by Crippen LogP contribution is 2.39. The van der Waals surface area contributed by atoms with E-state index < -0.39 is 16.1 Å². The number of rotatable bonds is 6. The van der Waals surface area contributed by atoms with Gasteiger partial charge in [-0.1, -0.05) is 51.4 Å². The number of benzene rings is 2. The molecule has 0 spiro atoms. The normalized spacial score (nSPS) is 14.0. The van der Waals surface area contributed by atoms with E-state index in [1.54, 1.807) is 6.20 Å². The fraction of sp³-hybridized carbons (Fsp3) is 0.250. The van der Waals surface area contributed by atoms with Crippen LogP contribution in [0.5, 0.6) is 0 Å². The minimum absolute atomic E-state index is 0.238. The van der Waals surface area contributed by atoms with Gasteiger partial charge in [-0.25, -0.2) is 0 Å². The van der Waals surface area contributed by atoms with Crippen molar-refractivity contribution in [2.75, 3.05) is 0 Å². The number of nitrogens with one attached hydrogen (secondary N) is 1. The zero-order valence-electron chi connectivity index (χ0n) is 17.6. The molecule has 4 rings (SSSR count). The van der Waals surface area contributed by atoms with Crippen molar-refractivity contribution in [2.45, 2.75) is 38.0 Å². The lowest BCUT2D eigenvalue weighted by atomic mass is 9.94. The Morgan fingerprint density at radius 3 is 2.58 bits per heavy atom. The second-order valence-electron chi connectivity index (χ2n) is 8.31. The molecule has 0 aliphatic carbocycles. The Morgan fingerprint density at radius 1 is 1.06 bits per heavy atom. The van der Waals surface area contributed by atoms with Crippen LogP contribution in [-0.2, 0) is 17.8 Å². The van der Waals surface area contributed by atoms with Gasteiger partial charge in [-0.2, -0.15) is 0 Å². The Bertz CT molecular complexity index is 1170. The fourth-order valence-electron chi connectivity index (χ4n) is 3.40. The predicted octanol–water partition coefficient (Wildman–Crippen LogP) is 5.99. The van der Waals surface area contributed by atoms with Crippen molar-refractivity contribution in [2.24, 2.45) is 0 Å². The van der Waals surface area contributed by atoms with Gasteiger partial charge in [-0.3, -0.25) is 4.98 Å². The van der Waals surface area contributed by atoms with Crippen LogP contribution in [-0.4, -0.2) is 19.4 Å². The molecule has 0 saturated heterocycles. The molecule has 2 aromatic carbocycles. The Kier molecular flexibility index (Phi) is 6.48. The van der Waals surface area contributed by atoms with Gasteiger partial charge in [0.1, 0.15) is 10.4 Å². The van der Waals surface area contributed by atoms with Gasteiger partial charge in [0.05, 0.1) is 6.04 Å². The third-order valence-corrected chi connectivity index (χ3v) is 7.25. The standard InChI is InChI=1S/C24H24BrN3O2S/c1-24(2,3)31(29)28-20(15-16-9-6-7-14-26-16)17-11-8-12-19(25)22(17)23-18-10-4-5-13-21(18)30-27-23/h4-14,20,28H,15H2,1-3H3/t20?,31-/m0/s1. The molecule has 2 aromatic heterocycles. The molecule has 7 heteroatoms. The molecule has 1 N–H and O–H groups in total. The van der Waals surface area contributed by atoms with Crippen LogP contribution in [0.1, 0.15) is 38.1 Å². The van der Waals surface area contributed by atoms with Crippen LogP contribution in [0.2, 0.25) is 0 Å². The first kappa shape index (κ1) is 22.0. The van der Waals surface area contributed by atoms with Gasteiger partial charge >= 0.3 is 0 Å². The van der Waals surface area contributed by atoms with Gasteiger partial charge in [0.15, 0.2) is 5.58 Å². The van der Waals surface area contributed by atoms with Crippen LogP contribution in [0, 0.1) is 0 Å². The van der Waals surface area contributed by atoms with E-state index in [0.29, 0.717) is 6.42 Å². The number of hydrogen-bond donors (Lipinski definition) is 1. The maximum Gasteiger partial charge on any atom is 0.167 e. The van der Waals surface area contributed by atoms with Gasteiger partial charge in [0.2, 0.25) is 0 Å². The lowest BCUT2D eigenvalue weighted by Crippen LogP contribution is -2.42. The second-order valence-corrected chi connectivity index (χ2v) is 11.2. The number of hydrogen-bond acceptors (Lipinski definition) is 5. The van der Waals surface area contributed by atoms with Crippen LogP contribution >= 0.6 is 15.9 Å². The molecule has 0 amide bonds.